The Morgan fingerprint density at radius 1 is 1.00 bits per heavy atom. The van der Waals surface area contributed by atoms with Gasteiger partial charge in [-0.05, 0) is 43.9 Å². The number of hydrogen-bond acceptors (Lipinski definition) is 2. The topological polar surface area (TPSA) is 15.3 Å². The Hall–Kier alpha value is -0.0800. The van der Waals surface area contributed by atoms with Crippen LogP contribution in [-0.2, 0) is 0 Å². The van der Waals surface area contributed by atoms with Crippen molar-refractivity contribution in [2.75, 3.05) is 14.1 Å². The molecule has 0 aromatic heterocycles. The maximum absolute atomic E-state index is 3.52. The Balaban J connectivity index is 1.79. The zero-order chi connectivity index (χ0) is 10.0. The van der Waals surface area contributed by atoms with Crippen LogP contribution in [0.1, 0.15) is 51.4 Å². The average molecular weight is 196 g/mol. The Labute approximate surface area is 88.0 Å². The third kappa shape index (κ3) is 2.29. The van der Waals surface area contributed by atoms with E-state index in [1.807, 2.05) is 0 Å². The fourth-order valence-corrected chi connectivity index (χ4v) is 3.35. The van der Waals surface area contributed by atoms with Crippen LogP contribution < -0.4 is 5.43 Å². The van der Waals surface area contributed by atoms with E-state index in [2.05, 4.69) is 24.5 Å². The van der Waals surface area contributed by atoms with Crippen LogP contribution in [0.3, 0.4) is 0 Å². The molecule has 1 N–H and O–H groups in total. The van der Waals surface area contributed by atoms with Crippen LogP contribution in [0.5, 0.6) is 0 Å². The van der Waals surface area contributed by atoms with Crippen LogP contribution in [0.15, 0.2) is 0 Å². The van der Waals surface area contributed by atoms with Crippen LogP contribution in [0.25, 0.3) is 0 Å². The molecule has 0 aromatic rings. The third-order valence-electron chi connectivity index (χ3n) is 4.15. The van der Waals surface area contributed by atoms with Gasteiger partial charge >= 0.3 is 0 Å². The number of nitrogens with zero attached hydrogens (tertiary/aromatic N) is 1. The minimum atomic E-state index is 0.747. The Morgan fingerprint density at radius 2 is 1.57 bits per heavy atom. The van der Waals surface area contributed by atoms with Crippen molar-refractivity contribution >= 4 is 0 Å². The van der Waals surface area contributed by atoms with E-state index in [0.29, 0.717) is 0 Å². The molecular formula is C12H24N2. The highest BCUT2D eigenvalue weighted by Gasteiger charge is 2.37. The van der Waals surface area contributed by atoms with Gasteiger partial charge in [-0.3, -0.25) is 10.4 Å². The molecular weight excluding hydrogens is 172 g/mol. The first-order chi connectivity index (χ1) is 6.70. The Bertz CT molecular complexity index is 173. The molecule has 0 amide bonds. The molecule has 0 heterocycles. The molecule has 0 atom stereocenters. The van der Waals surface area contributed by atoms with Gasteiger partial charge in [0.25, 0.3) is 0 Å². The Kier molecular flexibility index (Phi) is 3.13. The van der Waals surface area contributed by atoms with Gasteiger partial charge in [0.2, 0.25) is 0 Å². The molecule has 2 aliphatic carbocycles. The third-order valence-corrected chi connectivity index (χ3v) is 4.15. The summed E-state index contributed by atoms with van der Waals surface area (Å²) in [6, 6.07) is 0.747. The maximum Gasteiger partial charge on any atom is 0.0215 e. The predicted octanol–water partition coefficient (Wildman–Crippen LogP) is 2.56. The van der Waals surface area contributed by atoms with E-state index in [9.17, 15) is 0 Å². The molecule has 2 heteroatoms. The van der Waals surface area contributed by atoms with Crippen molar-refractivity contribution in [3.63, 3.8) is 0 Å². The van der Waals surface area contributed by atoms with Crippen LogP contribution in [0, 0.1) is 5.41 Å². The van der Waals surface area contributed by atoms with E-state index < -0.39 is 0 Å². The first-order valence-corrected chi connectivity index (χ1v) is 6.14. The minimum absolute atomic E-state index is 0.747. The van der Waals surface area contributed by atoms with Crippen molar-refractivity contribution in [3.8, 4) is 0 Å². The molecule has 2 fully saturated rings. The normalized spacial score (nSPS) is 27.6. The lowest BCUT2D eigenvalue weighted by Gasteiger charge is -2.38. The second-order valence-electron chi connectivity index (χ2n) is 5.50. The first kappa shape index (κ1) is 10.4. The van der Waals surface area contributed by atoms with Crippen molar-refractivity contribution in [1.29, 1.82) is 0 Å². The van der Waals surface area contributed by atoms with Crippen molar-refractivity contribution in [1.82, 2.24) is 10.4 Å². The smallest absolute Gasteiger partial charge is 0.0215 e. The van der Waals surface area contributed by atoms with E-state index in [4.69, 9.17) is 0 Å². The lowest BCUT2D eigenvalue weighted by Crippen LogP contribution is -2.43. The SMILES string of the molecule is CN(C)NC1CCC2(CCCC2)CC1. The molecule has 0 saturated heterocycles. The summed E-state index contributed by atoms with van der Waals surface area (Å²) < 4.78 is 0. The molecule has 2 saturated carbocycles. The van der Waals surface area contributed by atoms with Crippen LogP contribution in [0.4, 0.5) is 0 Å². The number of rotatable bonds is 2. The van der Waals surface area contributed by atoms with Crippen LogP contribution >= 0.6 is 0 Å². The molecule has 0 radical (unpaired) electrons. The summed E-state index contributed by atoms with van der Waals surface area (Å²) in [5, 5.41) is 2.11. The Morgan fingerprint density at radius 3 is 2.07 bits per heavy atom. The molecule has 0 unspecified atom stereocenters. The van der Waals surface area contributed by atoms with Gasteiger partial charge in [-0.1, -0.05) is 12.8 Å². The quantitative estimate of drug-likeness (QED) is 0.683. The van der Waals surface area contributed by atoms with Gasteiger partial charge < -0.3 is 0 Å². The molecule has 2 rings (SSSR count). The van der Waals surface area contributed by atoms with Crippen molar-refractivity contribution in [2.24, 2.45) is 5.41 Å². The summed E-state index contributed by atoms with van der Waals surface area (Å²) in [7, 11) is 4.19. The highest BCUT2D eigenvalue weighted by atomic mass is 15.5. The molecule has 1 spiro atoms. The fraction of sp³-hybridized carbons (Fsp3) is 1.00. The summed E-state index contributed by atoms with van der Waals surface area (Å²) >= 11 is 0. The minimum Gasteiger partial charge on any atom is -0.253 e. The van der Waals surface area contributed by atoms with Crippen molar-refractivity contribution in [3.05, 3.63) is 0 Å². The molecule has 2 nitrogen and oxygen atoms in total. The van der Waals surface area contributed by atoms with Gasteiger partial charge in [0, 0.05) is 20.1 Å². The van der Waals surface area contributed by atoms with E-state index in [0.717, 1.165) is 11.5 Å². The van der Waals surface area contributed by atoms with E-state index in [1.165, 1.54) is 51.4 Å². The van der Waals surface area contributed by atoms with Gasteiger partial charge in [-0.15, -0.1) is 0 Å². The molecule has 0 aromatic carbocycles. The van der Waals surface area contributed by atoms with Gasteiger partial charge in [-0.25, -0.2) is 0 Å². The van der Waals surface area contributed by atoms with Crippen LogP contribution in [0.2, 0.25) is 0 Å². The summed E-state index contributed by atoms with van der Waals surface area (Å²) in [4.78, 5) is 0. The van der Waals surface area contributed by atoms with Gasteiger partial charge in [0.15, 0.2) is 0 Å². The molecule has 0 aliphatic heterocycles. The van der Waals surface area contributed by atoms with Crippen molar-refractivity contribution < 1.29 is 0 Å². The van der Waals surface area contributed by atoms with Gasteiger partial charge in [0.05, 0.1) is 0 Å². The highest BCUT2D eigenvalue weighted by Crippen LogP contribution is 2.48. The zero-order valence-corrected chi connectivity index (χ0v) is 9.68. The fourth-order valence-electron chi connectivity index (χ4n) is 3.35. The largest absolute Gasteiger partial charge is 0.253 e. The van der Waals surface area contributed by atoms with E-state index in [-0.39, 0.29) is 0 Å². The summed E-state index contributed by atoms with van der Waals surface area (Å²) in [6.07, 6.45) is 11.7. The number of nitrogens with one attached hydrogen (secondary N) is 1. The van der Waals surface area contributed by atoms with E-state index in [1.54, 1.807) is 0 Å². The molecule has 0 bridgehead atoms. The van der Waals surface area contributed by atoms with Gasteiger partial charge in [0.1, 0.15) is 0 Å². The summed E-state index contributed by atoms with van der Waals surface area (Å²) in [5.74, 6) is 0. The lowest BCUT2D eigenvalue weighted by atomic mass is 9.71. The summed E-state index contributed by atoms with van der Waals surface area (Å²) in [6.45, 7) is 0. The second kappa shape index (κ2) is 4.19. The number of hydrazine groups is 1. The maximum atomic E-state index is 3.52. The molecule has 82 valence electrons. The van der Waals surface area contributed by atoms with Gasteiger partial charge in [-0.2, -0.15) is 0 Å². The van der Waals surface area contributed by atoms with Crippen LogP contribution in [-0.4, -0.2) is 25.1 Å². The molecule has 2 aliphatic rings. The second-order valence-corrected chi connectivity index (χ2v) is 5.50. The summed E-state index contributed by atoms with van der Waals surface area (Å²) in [5.41, 5.74) is 4.30. The molecule has 14 heavy (non-hydrogen) atoms. The average Bonchev–Trinajstić information content (AvgIpc) is 2.58. The monoisotopic (exact) mass is 196 g/mol. The standard InChI is InChI=1S/C12H24N2/c1-14(2)13-11-5-9-12(10-6-11)7-3-4-8-12/h11,13H,3-10H2,1-2H3. The zero-order valence-electron chi connectivity index (χ0n) is 9.68. The first-order valence-electron chi connectivity index (χ1n) is 6.14. The predicted molar refractivity (Wildman–Crippen MR) is 60.0 cm³/mol. The highest BCUT2D eigenvalue weighted by molar-refractivity contribution is 4.90. The number of hydrogen-bond donors (Lipinski definition) is 1. The van der Waals surface area contributed by atoms with Crippen molar-refractivity contribution in [2.45, 2.75) is 57.4 Å². The lowest BCUT2D eigenvalue weighted by molar-refractivity contribution is 0.128. The van der Waals surface area contributed by atoms with E-state index >= 15 is 0 Å².